The molecular formula is C8H13ClN6S2. The lowest BCUT2D eigenvalue weighted by Gasteiger charge is -1.99. The normalized spacial score (nSPS) is 10.3. The van der Waals surface area contributed by atoms with E-state index in [1.54, 1.807) is 23.1 Å². The van der Waals surface area contributed by atoms with Gasteiger partial charge in [-0.05, 0) is 6.92 Å². The summed E-state index contributed by atoms with van der Waals surface area (Å²) in [7, 11) is 1.91. The van der Waals surface area contributed by atoms with Crippen molar-refractivity contribution < 1.29 is 0 Å². The molecule has 2 N–H and O–H groups in total. The molecule has 0 aliphatic rings. The predicted octanol–water partition coefficient (Wildman–Crippen LogP) is 1.15. The molecule has 0 bridgehead atoms. The van der Waals surface area contributed by atoms with Crippen LogP contribution in [0.25, 0.3) is 0 Å². The molecule has 6 nitrogen and oxygen atoms in total. The number of nitrogens with two attached hydrogens (primary N) is 1. The van der Waals surface area contributed by atoms with Gasteiger partial charge in [-0.1, -0.05) is 11.8 Å². The lowest BCUT2D eigenvalue weighted by atomic mass is 10.6. The molecule has 0 saturated heterocycles. The van der Waals surface area contributed by atoms with Gasteiger partial charge in [0.2, 0.25) is 0 Å². The zero-order chi connectivity index (χ0) is 11.5. The zero-order valence-corrected chi connectivity index (χ0v) is 11.9. The molecule has 0 unspecified atom stereocenters. The van der Waals surface area contributed by atoms with Crippen molar-refractivity contribution in [1.82, 2.24) is 25.0 Å². The van der Waals surface area contributed by atoms with E-state index in [0.29, 0.717) is 6.54 Å². The second kappa shape index (κ2) is 6.29. The highest BCUT2D eigenvalue weighted by molar-refractivity contribution is 7.98. The number of aryl methyl sites for hydroxylation is 1. The standard InChI is InChI=1S/C8H12N6S2.ClH/c1-5-10-12-7(16-5)4-15-8-13-11-6(3-9)14(8)2;/h3-4,9H2,1-2H3;1H. The third-order valence-corrected chi connectivity index (χ3v) is 4.05. The molecule has 0 spiro atoms. The van der Waals surface area contributed by atoms with Gasteiger partial charge in [-0.15, -0.1) is 44.1 Å². The molecule has 2 aromatic rings. The molecular weight excluding hydrogens is 280 g/mol. The molecule has 2 rings (SSSR count). The second-order valence-corrected chi connectivity index (χ2v) is 5.37. The summed E-state index contributed by atoms with van der Waals surface area (Å²) >= 11 is 3.19. The summed E-state index contributed by atoms with van der Waals surface area (Å²) in [5.41, 5.74) is 5.52. The van der Waals surface area contributed by atoms with Crippen LogP contribution < -0.4 is 5.73 Å². The van der Waals surface area contributed by atoms with Crippen molar-refractivity contribution in [3.05, 3.63) is 15.8 Å². The third kappa shape index (κ3) is 3.38. The topological polar surface area (TPSA) is 82.5 Å². The van der Waals surface area contributed by atoms with Crippen molar-refractivity contribution in [3.63, 3.8) is 0 Å². The fourth-order valence-electron chi connectivity index (χ4n) is 1.17. The Bertz CT molecular complexity index is 482. The van der Waals surface area contributed by atoms with Crippen molar-refractivity contribution in [2.75, 3.05) is 0 Å². The van der Waals surface area contributed by atoms with E-state index in [1.165, 1.54) is 0 Å². The van der Waals surface area contributed by atoms with E-state index in [9.17, 15) is 0 Å². The number of thioether (sulfide) groups is 1. The Kier molecular flexibility index (Phi) is 5.31. The van der Waals surface area contributed by atoms with Crippen molar-refractivity contribution >= 4 is 35.5 Å². The van der Waals surface area contributed by atoms with Crippen LogP contribution in [0.1, 0.15) is 15.8 Å². The number of hydrogen-bond acceptors (Lipinski definition) is 7. The third-order valence-electron chi connectivity index (χ3n) is 2.00. The van der Waals surface area contributed by atoms with Gasteiger partial charge in [-0.3, -0.25) is 0 Å². The smallest absolute Gasteiger partial charge is 0.191 e. The van der Waals surface area contributed by atoms with E-state index >= 15 is 0 Å². The highest BCUT2D eigenvalue weighted by atomic mass is 35.5. The Labute approximate surface area is 113 Å². The maximum absolute atomic E-state index is 5.52. The fraction of sp³-hybridized carbons (Fsp3) is 0.500. The SMILES string of the molecule is Cc1nnc(CSc2nnc(CN)n2C)s1.Cl. The Morgan fingerprint density at radius 3 is 2.59 bits per heavy atom. The molecule has 0 aliphatic carbocycles. The molecule has 0 amide bonds. The van der Waals surface area contributed by atoms with Gasteiger partial charge in [0.05, 0.1) is 12.3 Å². The van der Waals surface area contributed by atoms with Gasteiger partial charge in [0.15, 0.2) is 5.16 Å². The summed E-state index contributed by atoms with van der Waals surface area (Å²) in [5.74, 6) is 1.55. The summed E-state index contributed by atoms with van der Waals surface area (Å²) < 4.78 is 1.90. The summed E-state index contributed by atoms with van der Waals surface area (Å²) in [4.78, 5) is 0. The van der Waals surface area contributed by atoms with Gasteiger partial charge in [0.1, 0.15) is 15.8 Å². The van der Waals surface area contributed by atoms with Gasteiger partial charge >= 0.3 is 0 Å². The van der Waals surface area contributed by atoms with Crippen molar-refractivity contribution in [2.24, 2.45) is 12.8 Å². The highest BCUT2D eigenvalue weighted by Gasteiger charge is 2.09. The van der Waals surface area contributed by atoms with Gasteiger partial charge in [0.25, 0.3) is 0 Å². The van der Waals surface area contributed by atoms with E-state index in [1.807, 2.05) is 18.5 Å². The van der Waals surface area contributed by atoms with Crippen LogP contribution in [0, 0.1) is 6.92 Å². The quantitative estimate of drug-likeness (QED) is 0.851. The van der Waals surface area contributed by atoms with E-state index in [2.05, 4.69) is 20.4 Å². The molecule has 0 aliphatic heterocycles. The minimum Gasteiger partial charge on any atom is -0.324 e. The van der Waals surface area contributed by atoms with Crippen LogP contribution in [-0.2, 0) is 19.3 Å². The van der Waals surface area contributed by atoms with Crippen LogP contribution >= 0.6 is 35.5 Å². The lowest BCUT2D eigenvalue weighted by Crippen LogP contribution is -2.05. The summed E-state index contributed by atoms with van der Waals surface area (Å²) in [6, 6.07) is 0. The van der Waals surface area contributed by atoms with Crippen LogP contribution in [0.2, 0.25) is 0 Å². The summed E-state index contributed by atoms with van der Waals surface area (Å²) in [6.07, 6.45) is 0. The first-order valence-electron chi connectivity index (χ1n) is 4.71. The molecule has 94 valence electrons. The molecule has 0 aromatic carbocycles. The molecule has 0 saturated carbocycles. The molecule has 17 heavy (non-hydrogen) atoms. The predicted molar refractivity (Wildman–Crippen MR) is 70.3 cm³/mol. The highest BCUT2D eigenvalue weighted by Crippen LogP contribution is 2.22. The van der Waals surface area contributed by atoms with Crippen LogP contribution in [0.3, 0.4) is 0 Å². The minimum absolute atomic E-state index is 0. The second-order valence-electron chi connectivity index (χ2n) is 3.17. The molecule has 0 atom stereocenters. The van der Waals surface area contributed by atoms with E-state index in [-0.39, 0.29) is 12.4 Å². The molecule has 2 heterocycles. The number of hydrogen-bond donors (Lipinski definition) is 1. The maximum atomic E-state index is 5.52. The van der Waals surface area contributed by atoms with Gasteiger partial charge in [-0.2, -0.15) is 0 Å². The summed E-state index contributed by atoms with van der Waals surface area (Å²) in [6.45, 7) is 2.35. The largest absolute Gasteiger partial charge is 0.324 e. The van der Waals surface area contributed by atoms with E-state index < -0.39 is 0 Å². The molecule has 0 fully saturated rings. The van der Waals surface area contributed by atoms with Crippen molar-refractivity contribution in [1.29, 1.82) is 0 Å². The first kappa shape index (κ1) is 14.4. The van der Waals surface area contributed by atoms with Crippen molar-refractivity contribution in [3.8, 4) is 0 Å². The number of nitrogens with zero attached hydrogens (tertiary/aromatic N) is 5. The average Bonchev–Trinajstić information content (AvgIpc) is 2.83. The first-order valence-corrected chi connectivity index (χ1v) is 6.51. The number of rotatable bonds is 4. The van der Waals surface area contributed by atoms with Crippen molar-refractivity contribution in [2.45, 2.75) is 24.4 Å². The molecule has 2 aromatic heterocycles. The lowest BCUT2D eigenvalue weighted by molar-refractivity contribution is 0.734. The van der Waals surface area contributed by atoms with Gasteiger partial charge < -0.3 is 10.3 Å². The fourth-order valence-corrected chi connectivity index (χ4v) is 2.80. The summed E-state index contributed by atoms with van der Waals surface area (Å²) in [5, 5.41) is 18.9. The average molecular weight is 293 g/mol. The Hall–Kier alpha value is -0.700. The Morgan fingerprint density at radius 1 is 1.29 bits per heavy atom. The Balaban J connectivity index is 0.00000144. The number of halogens is 1. The minimum atomic E-state index is 0. The van der Waals surface area contributed by atoms with Gasteiger partial charge in [0, 0.05) is 7.05 Å². The molecule has 9 heteroatoms. The zero-order valence-electron chi connectivity index (χ0n) is 9.45. The molecule has 0 radical (unpaired) electrons. The van der Waals surface area contributed by atoms with E-state index in [4.69, 9.17) is 5.73 Å². The van der Waals surface area contributed by atoms with Crippen LogP contribution in [-0.4, -0.2) is 25.0 Å². The number of aromatic nitrogens is 5. The van der Waals surface area contributed by atoms with Crippen LogP contribution in [0.4, 0.5) is 0 Å². The van der Waals surface area contributed by atoms with E-state index in [0.717, 1.165) is 26.7 Å². The van der Waals surface area contributed by atoms with Crippen LogP contribution in [0.5, 0.6) is 0 Å². The maximum Gasteiger partial charge on any atom is 0.191 e. The van der Waals surface area contributed by atoms with Crippen LogP contribution in [0.15, 0.2) is 5.16 Å². The van der Waals surface area contributed by atoms with Gasteiger partial charge in [-0.25, -0.2) is 0 Å². The Morgan fingerprint density at radius 2 is 2.06 bits per heavy atom. The monoisotopic (exact) mass is 292 g/mol. The first-order chi connectivity index (χ1) is 7.70.